The highest BCUT2D eigenvalue weighted by molar-refractivity contribution is 7.92. The molecule has 1 N–H and O–H groups in total. The molecule has 5 nitrogen and oxygen atoms in total. The molecule has 164 valence electrons. The van der Waals surface area contributed by atoms with Gasteiger partial charge in [0.25, 0.3) is 10.0 Å². The van der Waals surface area contributed by atoms with Crippen molar-refractivity contribution in [2.45, 2.75) is 11.8 Å². The largest absolute Gasteiger partial charge is 0.278 e. The summed E-state index contributed by atoms with van der Waals surface area (Å²) < 4.78 is 28.0. The summed E-state index contributed by atoms with van der Waals surface area (Å²) in [5.74, 6) is 0. The van der Waals surface area contributed by atoms with Crippen molar-refractivity contribution in [3.05, 3.63) is 116 Å². The van der Waals surface area contributed by atoms with Crippen LogP contribution in [0.5, 0.6) is 0 Å². The minimum atomic E-state index is -3.70. The normalized spacial score (nSPS) is 12.2. The number of nitrogens with zero attached hydrogens (tertiary/aromatic N) is 2. The Hall–Kier alpha value is -4.03. The van der Waals surface area contributed by atoms with Crippen LogP contribution >= 0.6 is 0 Å². The summed E-state index contributed by atoms with van der Waals surface area (Å²) in [7, 11) is -3.70. The number of anilines is 1. The van der Waals surface area contributed by atoms with Crippen LogP contribution < -0.4 is 4.72 Å². The molecule has 0 aliphatic carbocycles. The predicted molar refractivity (Wildman–Crippen MR) is 135 cm³/mol. The third-order valence-corrected chi connectivity index (χ3v) is 6.55. The number of fused-ring (bicyclic) bond motifs is 1. The minimum absolute atomic E-state index is 0.197. The first-order chi connectivity index (χ1) is 16.0. The number of rotatable bonds is 7. The average molecular weight is 454 g/mol. The van der Waals surface area contributed by atoms with Gasteiger partial charge in [-0.05, 0) is 60.0 Å². The molecular formula is C27H23N3O2S. The summed E-state index contributed by atoms with van der Waals surface area (Å²) in [6.45, 7) is 5.74. The zero-order valence-corrected chi connectivity index (χ0v) is 19.0. The molecule has 0 amide bonds. The van der Waals surface area contributed by atoms with Gasteiger partial charge < -0.3 is 0 Å². The van der Waals surface area contributed by atoms with E-state index in [0.29, 0.717) is 5.69 Å². The summed E-state index contributed by atoms with van der Waals surface area (Å²) in [5, 5.41) is 0.993. The predicted octanol–water partition coefficient (Wildman–Crippen LogP) is 6.24. The maximum atomic E-state index is 12.7. The Balaban J connectivity index is 1.73. The molecule has 0 unspecified atom stereocenters. The van der Waals surface area contributed by atoms with Crippen LogP contribution in [0, 0.1) is 0 Å². The van der Waals surface area contributed by atoms with Crippen molar-refractivity contribution >= 4 is 32.2 Å². The molecule has 0 fully saturated rings. The molecule has 2 aromatic carbocycles. The third kappa shape index (κ3) is 4.91. The van der Waals surface area contributed by atoms with Crippen molar-refractivity contribution in [3.63, 3.8) is 0 Å². The van der Waals surface area contributed by atoms with Crippen LogP contribution in [0.1, 0.15) is 12.5 Å². The number of sulfonamides is 1. The first-order valence-electron chi connectivity index (χ1n) is 10.4. The average Bonchev–Trinajstić information content (AvgIpc) is 2.85. The highest BCUT2D eigenvalue weighted by atomic mass is 32.2. The van der Waals surface area contributed by atoms with Gasteiger partial charge in [0, 0.05) is 23.3 Å². The van der Waals surface area contributed by atoms with Crippen LogP contribution in [0.3, 0.4) is 0 Å². The van der Waals surface area contributed by atoms with Crippen LogP contribution in [0.25, 0.3) is 27.6 Å². The van der Waals surface area contributed by atoms with Crippen LogP contribution in [0.2, 0.25) is 0 Å². The number of pyridine rings is 2. The van der Waals surface area contributed by atoms with Crippen molar-refractivity contribution < 1.29 is 8.42 Å². The summed E-state index contributed by atoms with van der Waals surface area (Å²) in [4.78, 5) is 8.95. The Morgan fingerprint density at radius 1 is 1.00 bits per heavy atom. The van der Waals surface area contributed by atoms with Crippen molar-refractivity contribution in [3.8, 4) is 11.1 Å². The molecule has 0 aliphatic rings. The lowest BCUT2D eigenvalue weighted by Crippen LogP contribution is -2.12. The Labute approximate surface area is 193 Å². The summed E-state index contributed by atoms with van der Waals surface area (Å²) in [6, 6.07) is 18.0. The quantitative estimate of drug-likeness (QED) is 0.336. The smallest absolute Gasteiger partial charge is 0.261 e. The fourth-order valence-corrected chi connectivity index (χ4v) is 4.61. The maximum Gasteiger partial charge on any atom is 0.261 e. The third-order valence-electron chi connectivity index (χ3n) is 5.15. The van der Waals surface area contributed by atoms with Gasteiger partial charge in [-0.3, -0.25) is 14.7 Å². The first-order valence-corrected chi connectivity index (χ1v) is 11.9. The van der Waals surface area contributed by atoms with Gasteiger partial charge in [-0.25, -0.2) is 8.42 Å². The van der Waals surface area contributed by atoms with Gasteiger partial charge in [0.05, 0.1) is 22.3 Å². The van der Waals surface area contributed by atoms with E-state index in [1.54, 1.807) is 54.9 Å². The standard InChI is InChI=1S/C27H23N3O2S/c1-3-5-9-20(4-2)25-14-15-29-27-13-12-21(17-26(25)27)22-16-23(19-28-18-22)30-33(31,32)24-10-7-6-8-11-24/h3-19,30H,1H2,2H3/b9-5+,20-4+. The monoisotopic (exact) mass is 453 g/mol. The van der Waals surface area contributed by atoms with E-state index in [0.717, 1.165) is 33.2 Å². The molecule has 4 aromatic rings. The van der Waals surface area contributed by atoms with E-state index < -0.39 is 10.0 Å². The van der Waals surface area contributed by atoms with E-state index in [2.05, 4.69) is 27.3 Å². The van der Waals surface area contributed by atoms with E-state index in [9.17, 15) is 8.42 Å². The molecule has 0 atom stereocenters. The van der Waals surface area contributed by atoms with E-state index in [1.807, 2.05) is 43.4 Å². The molecule has 0 radical (unpaired) electrons. The second-order valence-corrected chi connectivity index (χ2v) is 8.99. The zero-order valence-electron chi connectivity index (χ0n) is 18.1. The van der Waals surface area contributed by atoms with Crippen molar-refractivity contribution in [2.75, 3.05) is 4.72 Å². The molecule has 2 aromatic heterocycles. The molecule has 33 heavy (non-hydrogen) atoms. The summed E-state index contributed by atoms with van der Waals surface area (Å²) in [6.07, 6.45) is 12.7. The summed E-state index contributed by atoms with van der Waals surface area (Å²) in [5.41, 5.74) is 5.08. The zero-order chi connectivity index (χ0) is 23.3. The molecule has 0 saturated carbocycles. The lowest BCUT2D eigenvalue weighted by Gasteiger charge is -2.11. The summed E-state index contributed by atoms with van der Waals surface area (Å²) >= 11 is 0. The topological polar surface area (TPSA) is 72.0 Å². The van der Waals surface area contributed by atoms with Gasteiger partial charge in [0.1, 0.15) is 0 Å². The van der Waals surface area contributed by atoms with Gasteiger partial charge in [-0.15, -0.1) is 0 Å². The van der Waals surface area contributed by atoms with E-state index in [-0.39, 0.29) is 4.90 Å². The molecule has 0 aliphatic heterocycles. The number of allylic oxidation sites excluding steroid dienone is 5. The van der Waals surface area contributed by atoms with Crippen molar-refractivity contribution in [1.29, 1.82) is 0 Å². The second-order valence-electron chi connectivity index (χ2n) is 7.31. The fourth-order valence-electron chi connectivity index (χ4n) is 3.56. The minimum Gasteiger partial charge on any atom is -0.278 e. The number of nitrogens with one attached hydrogen (secondary N) is 1. The van der Waals surface area contributed by atoms with E-state index in [4.69, 9.17) is 0 Å². The highest BCUT2D eigenvalue weighted by Gasteiger charge is 2.14. The molecule has 4 rings (SSSR count). The van der Waals surface area contributed by atoms with Crippen LogP contribution in [0.15, 0.2) is 115 Å². The number of aromatic nitrogens is 2. The Morgan fingerprint density at radius 3 is 2.58 bits per heavy atom. The molecule has 6 heteroatoms. The highest BCUT2D eigenvalue weighted by Crippen LogP contribution is 2.30. The molecular weight excluding hydrogens is 430 g/mol. The van der Waals surface area contributed by atoms with Crippen LogP contribution in [-0.2, 0) is 10.0 Å². The molecule has 0 bridgehead atoms. The van der Waals surface area contributed by atoms with Gasteiger partial charge >= 0.3 is 0 Å². The SMILES string of the molecule is C=C/C=C/C(=C\C)c1ccnc2ccc(-c3cncc(NS(=O)(=O)c4ccccc4)c3)cc12. The van der Waals surface area contributed by atoms with Crippen LogP contribution in [0.4, 0.5) is 5.69 Å². The first kappa shape index (κ1) is 22.2. The van der Waals surface area contributed by atoms with E-state index >= 15 is 0 Å². The Kier molecular flexibility index (Phi) is 6.47. The lowest BCUT2D eigenvalue weighted by molar-refractivity contribution is 0.601. The molecule has 0 spiro atoms. The maximum absolute atomic E-state index is 12.7. The molecule has 0 saturated heterocycles. The Bertz CT molecular complexity index is 1470. The number of hydrogen-bond donors (Lipinski definition) is 1. The molecule has 2 heterocycles. The van der Waals surface area contributed by atoms with Gasteiger partial charge in [-0.2, -0.15) is 0 Å². The number of benzene rings is 2. The van der Waals surface area contributed by atoms with Crippen LogP contribution in [-0.4, -0.2) is 18.4 Å². The lowest BCUT2D eigenvalue weighted by atomic mass is 9.97. The Morgan fingerprint density at radius 2 is 1.82 bits per heavy atom. The van der Waals surface area contributed by atoms with Gasteiger partial charge in [0.15, 0.2) is 0 Å². The van der Waals surface area contributed by atoms with Crippen molar-refractivity contribution in [1.82, 2.24) is 9.97 Å². The van der Waals surface area contributed by atoms with E-state index in [1.165, 1.54) is 6.20 Å². The van der Waals surface area contributed by atoms with Crippen molar-refractivity contribution in [2.24, 2.45) is 0 Å². The van der Waals surface area contributed by atoms with Gasteiger partial charge in [0.2, 0.25) is 0 Å². The number of hydrogen-bond acceptors (Lipinski definition) is 4. The fraction of sp³-hybridized carbons (Fsp3) is 0.0370. The van der Waals surface area contributed by atoms with Gasteiger partial charge in [-0.1, -0.05) is 55.1 Å². The second kappa shape index (κ2) is 9.63.